The van der Waals surface area contributed by atoms with E-state index < -0.39 is 0 Å². The fourth-order valence-electron chi connectivity index (χ4n) is 2.32. The lowest BCUT2D eigenvalue weighted by atomic mass is 10.1. The van der Waals surface area contributed by atoms with E-state index in [1.165, 1.54) is 0 Å². The zero-order valence-corrected chi connectivity index (χ0v) is 15.7. The van der Waals surface area contributed by atoms with Crippen molar-refractivity contribution >= 4 is 15.9 Å². The molecule has 2 aromatic rings. The van der Waals surface area contributed by atoms with Crippen molar-refractivity contribution in [2.45, 2.75) is 6.54 Å². The van der Waals surface area contributed by atoms with E-state index in [0.717, 1.165) is 15.8 Å². The molecule has 5 nitrogen and oxygen atoms in total. The predicted molar refractivity (Wildman–Crippen MR) is 97.4 cm³/mol. The van der Waals surface area contributed by atoms with Crippen LogP contribution >= 0.6 is 15.9 Å². The smallest absolute Gasteiger partial charge is 0.203 e. The molecule has 0 aliphatic rings. The largest absolute Gasteiger partial charge is 0.493 e. The molecule has 2 rings (SSSR count). The Morgan fingerprint density at radius 1 is 0.958 bits per heavy atom. The zero-order chi connectivity index (χ0) is 17.4. The molecule has 0 unspecified atom stereocenters. The number of ether oxygens (including phenoxy) is 4. The molecular weight excluding hydrogens is 374 g/mol. The summed E-state index contributed by atoms with van der Waals surface area (Å²) < 4.78 is 22.8. The highest BCUT2D eigenvalue weighted by atomic mass is 79.9. The van der Waals surface area contributed by atoms with Gasteiger partial charge in [-0.3, -0.25) is 0 Å². The predicted octanol–water partition coefficient (Wildman–Crippen LogP) is 3.64. The molecule has 0 spiro atoms. The Labute approximate surface area is 151 Å². The van der Waals surface area contributed by atoms with E-state index in [9.17, 15) is 0 Å². The quantitative estimate of drug-likeness (QED) is 0.656. The molecule has 0 atom stereocenters. The summed E-state index contributed by atoms with van der Waals surface area (Å²) in [7, 11) is 4.83. The number of benzene rings is 2. The number of hydrogen-bond donors (Lipinski definition) is 1. The number of hydrogen-bond acceptors (Lipinski definition) is 5. The summed E-state index contributed by atoms with van der Waals surface area (Å²) in [6.45, 7) is 1.93. The first kappa shape index (κ1) is 18.4. The molecule has 0 amide bonds. The fourth-order valence-corrected chi connectivity index (χ4v) is 2.70. The SMILES string of the molecule is COc1ccc(CNCCOc2cccc(Br)c2)c(OC)c1OC. The van der Waals surface area contributed by atoms with Crippen LogP contribution in [-0.2, 0) is 6.54 Å². The van der Waals surface area contributed by atoms with Crippen molar-refractivity contribution in [2.24, 2.45) is 0 Å². The first-order chi connectivity index (χ1) is 11.7. The molecule has 2 aromatic carbocycles. The molecule has 0 aliphatic heterocycles. The van der Waals surface area contributed by atoms with Gasteiger partial charge in [0.1, 0.15) is 12.4 Å². The zero-order valence-electron chi connectivity index (χ0n) is 14.1. The monoisotopic (exact) mass is 395 g/mol. The van der Waals surface area contributed by atoms with Crippen LogP contribution in [0.2, 0.25) is 0 Å². The van der Waals surface area contributed by atoms with Crippen molar-refractivity contribution < 1.29 is 18.9 Å². The van der Waals surface area contributed by atoms with Crippen LogP contribution in [0.3, 0.4) is 0 Å². The molecular formula is C18H22BrNO4. The summed E-state index contributed by atoms with van der Waals surface area (Å²) in [5, 5.41) is 3.34. The lowest BCUT2D eigenvalue weighted by Gasteiger charge is -2.16. The third kappa shape index (κ3) is 4.79. The Hall–Kier alpha value is -1.92. The van der Waals surface area contributed by atoms with Crippen LogP contribution in [0.15, 0.2) is 40.9 Å². The highest BCUT2D eigenvalue weighted by molar-refractivity contribution is 9.10. The van der Waals surface area contributed by atoms with Gasteiger partial charge in [-0.05, 0) is 24.3 Å². The van der Waals surface area contributed by atoms with Crippen molar-refractivity contribution in [1.82, 2.24) is 5.32 Å². The van der Waals surface area contributed by atoms with Gasteiger partial charge in [-0.1, -0.05) is 28.1 Å². The van der Waals surface area contributed by atoms with Crippen LogP contribution in [0.5, 0.6) is 23.0 Å². The van der Waals surface area contributed by atoms with Gasteiger partial charge in [-0.2, -0.15) is 0 Å². The van der Waals surface area contributed by atoms with Crippen LogP contribution < -0.4 is 24.3 Å². The number of halogens is 1. The van der Waals surface area contributed by atoms with Gasteiger partial charge < -0.3 is 24.3 Å². The number of methoxy groups -OCH3 is 3. The molecule has 0 aromatic heterocycles. The van der Waals surface area contributed by atoms with Gasteiger partial charge in [-0.25, -0.2) is 0 Å². The summed E-state index contributed by atoms with van der Waals surface area (Å²) in [6, 6.07) is 11.6. The summed E-state index contributed by atoms with van der Waals surface area (Å²) in [4.78, 5) is 0. The maximum Gasteiger partial charge on any atom is 0.203 e. The first-order valence-corrected chi connectivity index (χ1v) is 8.35. The van der Waals surface area contributed by atoms with E-state index >= 15 is 0 Å². The molecule has 0 heterocycles. The minimum absolute atomic E-state index is 0.575. The minimum Gasteiger partial charge on any atom is -0.493 e. The molecule has 1 N–H and O–H groups in total. The highest BCUT2D eigenvalue weighted by Crippen LogP contribution is 2.39. The molecule has 0 aliphatic carbocycles. The maximum absolute atomic E-state index is 5.69. The van der Waals surface area contributed by atoms with Crippen molar-refractivity contribution in [3.8, 4) is 23.0 Å². The topological polar surface area (TPSA) is 49.0 Å². The van der Waals surface area contributed by atoms with Gasteiger partial charge in [0.15, 0.2) is 11.5 Å². The molecule has 0 saturated carbocycles. The van der Waals surface area contributed by atoms with Gasteiger partial charge in [0.2, 0.25) is 5.75 Å². The molecule has 0 radical (unpaired) electrons. The Kier molecular flexibility index (Phi) is 7.21. The van der Waals surface area contributed by atoms with E-state index in [1.54, 1.807) is 21.3 Å². The van der Waals surface area contributed by atoms with Crippen LogP contribution in [0, 0.1) is 0 Å². The lowest BCUT2D eigenvalue weighted by Crippen LogP contribution is -2.21. The molecule has 6 heteroatoms. The average molecular weight is 396 g/mol. The highest BCUT2D eigenvalue weighted by Gasteiger charge is 2.15. The second kappa shape index (κ2) is 9.39. The van der Waals surface area contributed by atoms with Gasteiger partial charge in [-0.15, -0.1) is 0 Å². The van der Waals surface area contributed by atoms with E-state index in [2.05, 4.69) is 21.2 Å². The first-order valence-electron chi connectivity index (χ1n) is 7.56. The minimum atomic E-state index is 0.575. The van der Waals surface area contributed by atoms with Gasteiger partial charge in [0.05, 0.1) is 21.3 Å². The molecule has 130 valence electrons. The van der Waals surface area contributed by atoms with E-state index in [-0.39, 0.29) is 0 Å². The molecule has 0 saturated heterocycles. The Morgan fingerprint density at radius 3 is 2.42 bits per heavy atom. The lowest BCUT2D eigenvalue weighted by molar-refractivity contribution is 0.310. The fraction of sp³-hybridized carbons (Fsp3) is 0.333. The third-order valence-electron chi connectivity index (χ3n) is 3.44. The maximum atomic E-state index is 5.69. The Balaban J connectivity index is 1.88. The molecule has 24 heavy (non-hydrogen) atoms. The van der Waals surface area contributed by atoms with Crippen molar-refractivity contribution in [2.75, 3.05) is 34.5 Å². The van der Waals surface area contributed by atoms with E-state index in [4.69, 9.17) is 18.9 Å². The Bertz CT molecular complexity index is 663. The second-order valence-corrected chi connectivity index (χ2v) is 5.89. The van der Waals surface area contributed by atoms with Crippen LogP contribution in [0.4, 0.5) is 0 Å². The summed E-state index contributed by atoms with van der Waals surface area (Å²) in [6.07, 6.45) is 0. The third-order valence-corrected chi connectivity index (χ3v) is 3.94. The standard InChI is InChI=1S/C18H22BrNO4/c1-21-16-8-7-13(17(22-2)18(16)23-3)12-20-9-10-24-15-6-4-5-14(19)11-15/h4-8,11,20H,9-10,12H2,1-3H3. The van der Waals surface area contributed by atoms with Crippen molar-refractivity contribution in [3.05, 3.63) is 46.4 Å². The van der Waals surface area contributed by atoms with Gasteiger partial charge in [0, 0.05) is 23.1 Å². The number of rotatable bonds is 9. The normalized spacial score (nSPS) is 10.3. The van der Waals surface area contributed by atoms with E-state index in [1.807, 2.05) is 36.4 Å². The summed E-state index contributed by atoms with van der Waals surface area (Å²) >= 11 is 3.42. The number of nitrogens with one attached hydrogen (secondary N) is 1. The van der Waals surface area contributed by atoms with Crippen molar-refractivity contribution in [3.63, 3.8) is 0 Å². The molecule has 0 bridgehead atoms. The van der Waals surface area contributed by atoms with Crippen LogP contribution in [0.1, 0.15) is 5.56 Å². The summed E-state index contributed by atoms with van der Waals surface area (Å²) in [5.74, 6) is 2.77. The van der Waals surface area contributed by atoms with Crippen LogP contribution in [-0.4, -0.2) is 34.5 Å². The summed E-state index contributed by atoms with van der Waals surface area (Å²) in [5.41, 5.74) is 0.998. The van der Waals surface area contributed by atoms with E-state index in [0.29, 0.717) is 36.9 Å². The van der Waals surface area contributed by atoms with Crippen LogP contribution in [0.25, 0.3) is 0 Å². The Morgan fingerprint density at radius 2 is 1.75 bits per heavy atom. The average Bonchev–Trinajstić information content (AvgIpc) is 2.60. The van der Waals surface area contributed by atoms with Gasteiger partial charge in [0.25, 0.3) is 0 Å². The second-order valence-electron chi connectivity index (χ2n) is 4.98. The molecule has 0 fully saturated rings. The van der Waals surface area contributed by atoms with Gasteiger partial charge >= 0.3 is 0 Å². The van der Waals surface area contributed by atoms with Crippen molar-refractivity contribution in [1.29, 1.82) is 0 Å².